The highest BCUT2D eigenvalue weighted by atomic mass is 33.5. The molecule has 2 aromatic rings. The lowest BCUT2D eigenvalue weighted by atomic mass is 9.83. The van der Waals surface area contributed by atoms with Crippen molar-refractivity contribution in [3.63, 3.8) is 0 Å². The number of aliphatic hydroxyl groups excluding tert-OH is 2. The predicted molar refractivity (Wildman–Crippen MR) is 324 cm³/mol. The van der Waals surface area contributed by atoms with E-state index in [9.17, 15) is 14.4 Å². The van der Waals surface area contributed by atoms with Gasteiger partial charge in [0.05, 0.1) is 37.6 Å². The lowest BCUT2D eigenvalue weighted by molar-refractivity contribution is -0.235. The second-order valence-corrected chi connectivity index (χ2v) is 50.1. The number of carboxylic acid groups (broad SMARTS) is 2. The summed E-state index contributed by atoms with van der Waals surface area (Å²) in [5.74, 6) is -1.91. The molecular weight excluding hydrogens is 1270 g/mol. The lowest BCUT2D eigenvalue weighted by Gasteiger charge is -2.39. The highest BCUT2D eigenvalue weighted by Gasteiger charge is 2.34. The van der Waals surface area contributed by atoms with E-state index in [1.807, 2.05) is 49.4 Å². The quantitative estimate of drug-likeness (QED) is 0.234. The monoisotopic (exact) mass is 1310 g/mol. The summed E-state index contributed by atoms with van der Waals surface area (Å²) in [5, 5.41) is 34.9. The average molecular weight is 1320 g/mol. The second-order valence-electron chi connectivity index (χ2n) is 11.2. The fourth-order valence-electron chi connectivity index (χ4n) is 3.91. The number of aromatic carboxylic acids is 2. The van der Waals surface area contributed by atoms with Crippen LogP contribution in [0.25, 0.3) is 0 Å². The molecule has 0 amide bonds. The van der Waals surface area contributed by atoms with Crippen LogP contribution in [0.5, 0.6) is 0 Å². The molecule has 360 valence electrons. The topological polar surface area (TPSA) is 151 Å². The van der Waals surface area contributed by atoms with Crippen LogP contribution in [0.4, 0.5) is 0 Å². The number of aliphatic hydroxyl groups is 2. The molecule has 0 aliphatic carbocycles. The van der Waals surface area contributed by atoms with Crippen LogP contribution in [-0.2, 0) is 227 Å². The fraction of sp³-hybridized carbons (Fsp3) is 0.500. The Labute approximate surface area is 440 Å². The van der Waals surface area contributed by atoms with Gasteiger partial charge in [0.15, 0.2) is 6.29 Å². The summed E-state index contributed by atoms with van der Waals surface area (Å²) < 4.78 is 11.6. The number of carboxylic acids is 2. The molecule has 63 heavy (non-hydrogen) atoms. The van der Waals surface area contributed by atoms with E-state index in [2.05, 4.69) is 13.8 Å². The number of carbonyl (C=O) groups excluding carboxylic acids is 1. The highest BCUT2D eigenvalue weighted by Crippen LogP contribution is 2.36. The number of rotatable bonds is 10. The van der Waals surface area contributed by atoms with Gasteiger partial charge < -0.3 is 29.9 Å². The SMILES string of the molecule is CCC(CC)(CO)CO.CCC1(CC)COC(c2ccc(C(=O)O)cc2)OC1.O=Cc1ccc(C(=O)O)cc1.S=S=S=S=S=S=S=S=S=S=S=S=S=S=S=S=S=S=S=S=S=S=S=S. The molecule has 9 nitrogen and oxygen atoms in total. The van der Waals surface area contributed by atoms with Gasteiger partial charge in [0.1, 0.15) is 6.29 Å². The number of aldehydes is 1. The molecule has 0 spiro atoms. The average Bonchev–Trinajstić information content (AvgIpc) is 3.32. The normalized spacial score (nSPS) is 12.0. The Morgan fingerprint density at radius 2 is 0.889 bits per heavy atom. The summed E-state index contributed by atoms with van der Waals surface area (Å²) in [5.41, 5.74) is 1.71. The van der Waals surface area contributed by atoms with Gasteiger partial charge in [-0.15, -0.1) is 0 Å². The van der Waals surface area contributed by atoms with Gasteiger partial charge in [0.2, 0.25) is 0 Å². The van der Waals surface area contributed by atoms with Crippen molar-refractivity contribution in [3.05, 3.63) is 70.8 Å². The van der Waals surface area contributed by atoms with E-state index in [0.717, 1.165) is 31.2 Å². The number of benzene rings is 2. The van der Waals surface area contributed by atoms with Crippen LogP contribution in [-0.4, -0.2) is 65.1 Å². The first-order chi connectivity index (χ1) is 30.5. The molecular formula is C30H42O9S24. The van der Waals surface area contributed by atoms with E-state index in [1.165, 1.54) is 42.0 Å². The summed E-state index contributed by atoms with van der Waals surface area (Å²) >= 11 is 9.54. The molecule has 1 heterocycles. The van der Waals surface area contributed by atoms with Crippen LogP contribution >= 0.6 is 0 Å². The number of hydrogen-bond donors (Lipinski definition) is 4. The van der Waals surface area contributed by atoms with Crippen LogP contribution < -0.4 is 0 Å². The van der Waals surface area contributed by atoms with Crippen LogP contribution in [0.3, 0.4) is 0 Å². The number of carbonyl (C=O) groups is 3. The minimum atomic E-state index is -0.984. The predicted octanol–water partition coefficient (Wildman–Crippen LogP) is 5.15. The molecule has 33 heteroatoms. The van der Waals surface area contributed by atoms with E-state index in [-0.39, 0.29) is 41.5 Å². The first-order valence-corrected chi connectivity index (χ1v) is 47.6. The third kappa shape index (κ3) is 32.6. The molecule has 0 saturated carbocycles. The minimum absolute atomic E-state index is 0.0938. The second kappa shape index (κ2) is 44.1. The van der Waals surface area contributed by atoms with E-state index in [4.69, 9.17) is 52.3 Å². The van der Waals surface area contributed by atoms with Crippen LogP contribution in [0.1, 0.15) is 96.3 Å². The Hall–Kier alpha value is 2.17. The highest BCUT2D eigenvalue weighted by molar-refractivity contribution is 8.79. The lowest BCUT2D eigenvalue weighted by Crippen LogP contribution is -2.37. The van der Waals surface area contributed by atoms with E-state index < -0.39 is 11.9 Å². The third-order valence-corrected chi connectivity index (χ3v) is 54.7. The first kappa shape index (κ1) is 65.2. The molecule has 0 atom stereocenters. The maximum atomic E-state index is 10.8. The molecule has 0 unspecified atom stereocenters. The van der Waals surface area contributed by atoms with Gasteiger partial charge in [-0.3, -0.25) is 4.79 Å². The molecule has 2 aromatic carbocycles. The Morgan fingerprint density at radius 3 is 1.11 bits per heavy atom. The summed E-state index contributed by atoms with van der Waals surface area (Å²) in [6.07, 6.45) is 4.05. The van der Waals surface area contributed by atoms with E-state index >= 15 is 0 Å². The zero-order valence-corrected chi connectivity index (χ0v) is 52.7. The summed E-state index contributed by atoms with van der Waals surface area (Å²) in [6, 6.07) is 12.4. The molecule has 1 saturated heterocycles. The fourth-order valence-corrected chi connectivity index (χ4v) is 58.8. The Morgan fingerprint density at radius 1 is 0.587 bits per heavy atom. The maximum absolute atomic E-state index is 10.8. The van der Waals surface area contributed by atoms with Gasteiger partial charge in [0.25, 0.3) is 0 Å². The summed E-state index contributed by atoms with van der Waals surface area (Å²) in [7, 11) is 38.1. The Kier molecular flexibility index (Phi) is 45.7. The van der Waals surface area contributed by atoms with Gasteiger partial charge in [-0.05, 0) is 49.9 Å². The Bertz CT molecular complexity index is 2650. The van der Waals surface area contributed by atoms with E-state index in [1.54, 1.807) is 166 Å². The van der Waals surface area contributed by atoms with Gasteiger partial charge in [0, 0.05) is 240 Å². The third-order valence-electron chi connectivity index (χ3n) is 8.06. The largest absolute Gasteiger partial charge is 0.478 e. The van der Waals surface area contributed by atoms with Gasteiger partial charge >= 0.3 is 11.9 Å². The summed E-state index contributed by atoms with van der Waals surface area (Å²) in [4.78, 5) is 31.2. The van der Waals surface area contributed by atoms with Gasteiger partial charge in [-0.1, -0.05) is 52.0 Å². The van der Waals surface area contributed by atoms with E-state index in [0.29, 0.717) is 25.1 Å². The van der Waals surface area contributed by atoms with Crippen molar-refractivity contribution >= 4 is 236 Å². The smallest absolute Gasteiger partial charge is 0.335 e. The molecule has 3 rings (SSSR count). The van der Waals surface area contributed by atoms with Crippen LogP contribution in [0.15, 0.2) is 48.5 Å². The van der Waals surface area contributed by atoms with Crippen molar-refractivity contribution in [2.75, 3.05) is 26.4 Å². The standard InChI is InChI=1S/C15H20O4.C8H6O3.C7H16O2.S24/c1-3-15(4-2)9-18-14(19-10-15)12-7-5-11(6-8-12)13(16)17;9-5-6-1-3-7(4-2-6)8(10)11;1-3-7(4-2,5-8)6-9;1-3-5-7-9-11-13-15-17-19-21-23-24-22-20-18-16-14-12-10-8-6-4-2/h5-8,14H,3-4,9-10H2,1-2H3,(H,16,17);1-5H,(H,10,11);8-9H,3-6H2,1-2H3;. The zero-order valence-electron chi connectivity index (χ0n) is 33.1. The maximum Gasteiger partial charge on any atom is 0.335 e. The van der Waals surface area contributed by atoms with Crippen LogP contribution in [0.2, 0.25) is 0 Å². The number of hydrogen-bond acceptors (Lipinski definition) is 9. The van der Waals surface area contributed by atoms with Gasteiger partial charge in [-0.25, -0.2) is 9.59 Å². The summed E-state index contributed by atoms with van der Waals surface area (Å²) in [6.45, 7) is 9.83. The van der Waals surface area contributed by atoms with Crippen molar-refractivity contribution < 1.29 is 44.3 Å². The minimum Gasteiger partial charge on any atom is -0.478 e. The molecule has 1 fully saturated rings. The van der Waals surface area contributed by atoms with Crippen LogP contribution in [0, 0.1) is 10.8 Å². The number of ether oxygens (including phenoxy) is 2. The molecule has 1 aliphatic heterocycles. The van der Waals surface area contributed by atoms with Crippen molar-refractivity contribution in [1.82, 2.24) is 0 Å². The molecule has 0 bridgehead atoms. The molecule has 1 aliphatic rings. The van der Waals surface area contributed by atoms with Crippen molar-refractivity contribution in [2.45, 2.75) is 59.7 Å². The van der Waals surface area contributed by atoms with Gasteiger partial charge in [-0.2, -0.15) is 0 Å². The zero-order chi connectivity index (χ0) is 47.0. The molecule has 0 radical (unpaired) electrons. The molecule has 4 N–H and O–H groups in total. The van der Waals surface area contributed by atoms with Crippen molar-refractivity contribution in [2.24, 2.45) is 10.8 Å². The van der Waals surface area contributed by atoms with Crippen molar-refractivity contribution in [3.8, 4) is 0 Å². The van der Waals surface area contributed by atoms with Crippen molar-refractivity contribution in [1.29, 1.82) is 0 Å². The Balaban J connectivity index is 0.000000870. The first-order valence-electron chi connectivity index (χ1n) is 17.0. The molecule has 0 aromatic heterocycles.